The number of hydrogen-bond donors (Lipinski definition) is 0. The van der Waals surface area contributed by atoms with Gasteiger partial charge in [0.1, 0.15) is 5.82 Å². The monoisotopic (exact) mass is 452 g/mol. The molecule has 0 bridgehead atoms. The van der Waals surface area contributed by atoms with Gasteiger partial charge in [0.15, 0.2) is 0 Å². The highest BCUT2D eigenvalue weighted by Gasteiger charge is 2.26. The molecule has 1 aromatic heterocycles. The largest absolute Gasteiger partial charge is 0.339 e. The molecule has 4 heteroatoms. The van der Waals surface area contributed by atoms with E-state index in [0.717, 1.165) is 30.5 Å². The van der Waals surface area contributed by atoms with Crippen LogP contribution in [0, 0.1) is 25.6 Å². The summed E-state index contributed by atoms with van der Waals surface area (Å²) in [6.45, 7) is 5.58. The van der Waals surface area contributed by atoms with E-state index >= 15 is 0 Å². The molecule has 0 unspecified atom stereocenters. The van der Waals surface area contributed by atoms with E-state index in [9.17, 15) is 9.18 Å². The van der Waals surface area contributed by atoms with Gasteiger partial charge in [-0.1, -0.05) is 42.5 Å². The second-order valence-corrected chi connectivity index (χ2v) is 9.44. The smallest absolute Gasteiger partial charge is 0.254 e. The Morgan fingerprint density at radius 3 is 2.44 bits per heavy atom. The molecule has 1 aliphatic heterocycles. The number of carbonyl (C=O) groups excluding carboxylic acids is 1. The summed E-state index contributed by atoms with van der Waals surface area (Å²) in [4.78, 5) is 20.4. The maximum absolute atomic E-state index is 14.1. The number of benzene rings is 3. The number of rotatable bonds is 4. The van der Waals surface area contributed by atoms with Crippen molar-refractivity contribution in [1.82, 2.24) is 9.88 Å². The van der Waals surface area contributed by atoms with Crippen molar-refractivity contribution in [2.75, 3.05) is 13.1 Å². The lowest BCUT2D eigenvalue weighted by Gasteiger charge is -2.32. The van der Waals surface area contributed by atoms with Crippen molar-refractivity contribution >= 4 is 16.8 Å². The SMILES string of the molecule is Cc1ccc(-c2cc(C(=O)N3CCC(Cc4ccccc4)CC3)c3cc(F)ccc3n2)cc1C. The Hall–Kier alpha value is -3.53. The Kier molecular flexibility index (Phi) is 6.14. The van der Waals surface area contributed by atoms with Gasteiger partial charge in [0.05, 0.1) is 16.8 Å². The maximum Gasteiger partial charge on any atom is 0.254 e. The summed E-state index contributed by atoms with van der Waals surface area (Å²) in [6, 6.07) is 23.1. The lowest BCUT2D eigenvalue weighted by molar-refractivity contribution is 0.0692. The van der Waals surface area contributed by atoms with Crippen LogP contribution in [0.15, 0.2) is 72.8 Å². The fraction of sp³-hybridized carbons (Fsp3) is 0.267. The molecule has 5 rings (SSSR count). The van der Waals surface area contributed by atoms with Crippen LogP contribution in [0.25, 0.3) is 22.2 Å². The van der Waals surface area contributed by atoms with Crippen molar-refractivity contribution in [3.63, 3.8) is 0 Å². The van der Waals surface area contributed by atoms with Crippen LogP contribution in [0.5, 0.6) is 0 Å². The van der Waals surface area contributed by atoms with Crippen LogP contribution in [-0.2, 0) is 6.42 Å². The van der Waals surface area contributed by atoms with Gasteiger partial charge in [-0.15, -0.1) is 0 Å². The number of pyridine rings is 1. The van der Waals surface area contributed by atoms with Gasteiger partial charge in [-0.05, 0) is 86.1 Å². The average Bonchev–Trinajstić information content (AvgIpc) is 2.86. The number of hydrogen-bond acceptors (Lipinski definition) is 2. The number of carbonyl (C=O) groups is 1. The maximum atomic E-state index is 14.1. The Balaban J connectivity index is 1.43. The molecule has 3 aromatic carbocycles. The molecule has 0 spiro atoms. The summed E-state index contributed by atoms with van der Waals surface area (Å²) in [7, 11) is 0. The van der Waals surface area contributed by atoms with E-state index < -0.39 is 0 Å². The highest BCUT2D eigenvalue weighted by molar-refractivity contribution is 6.07. The number of halogens is 1. The van der Waals surface area contributed by atoms with Crippen LogP contribution < -0.4 is 0 Å². The Labute approximate surface area is 200 Å². The Morgan fingerprint density at radius 1 is 0.941 bits per heavy atom. The molecular weight excluding hydrogens is 423 g/mol. The van der Waals surface area contributed by atoms with Crippen molar-refractivity contribution < 1.29 is 9.18 Å². The average molecular weight is 453 g/mol. The lowest BCUT2D eigenvalue weighted by Crippen LogP contribution is -2.39. The van der Waals surface area contributed by atoms with Gasteiger partial charge in [-0.25, -0.2) is 9.37 Å². The van der Waals surface area contributed by atoms with Crippen LogP contribution >= 0.6 is 0 Å². The van der Waals surface area contributed by atoms with Crippen molar-refractivity contribution in [1.29, 1.82) is 0 Å². The molecule has 0 radical (unpaired) electrons. The van der Waals surface area contributed by atoms with E-state index in [-0.39, 0.29) is 11.7 Å². The summed E-state index contributed by atoms with van der Waals surface area (Å²) >= 11 is 0. The predicted octanol–water partition coefficient (Wildman–Crippen LogP) is 6.75. The van der Waals surface area contributed by atoms with Gasteiger partial charge in [0.25, 0.3) is 5.91 Å². The van der Waals surface area contributed by atoms with Gasteiger partial charge >= 0.3 is 0 Å². The number of nitrogens with zero attached hydrogens (tertiary/aromatic N) is 2. The quantitative estimate of drug-likeness (QED) is 0.343. The molecule has 172 valence electrons. The van der Waals surface area contributed by atoms with E-state index in [2.05, 4.69) is 50.2 Å². The molecule has 0 aliphatic carbocycles. The van der Waals surface area contributed by atoms with E-state index in [0.29, 0.717) is 35.5 Å². The molecule has 0 atom stereocenters. The summed E-state index contributed by atoms with van der Waals surface area (Å²) in [5, 5.41) is 0.573. The number of fused-ring (bicyclic) bond motifs is 1. The fourth-order valence-electron chi connectivity index (χ4n) is 4.88. The van der Waals surface area contributed by atoms with Crippen LogP contribution in [0.2, 0.25) is 0 Å². The van der Waals surface area contributed by atoms with Crippen LogP contribution in [0.3, 0.4) is 0 Å². The van der Waals surface area contributed by atoms with Crippen LogP contribution in [0.4, 0.5) is 4.39 Å². The molecule has 4 aromatic rings. The van der Waals surface area contributed by atoms with Gasteiger partial charge in [0, 0.05) is 24.0 Å². The molecule has 0 N–H and O–H groups in total. The predicted molar refractivity (Wildman–Crippen MR) is 135 cm³/mol. The second-order valence-electron chi connectivity index (χ2n) is 9.44. The first kappa shape index (κ1) is 22.3. The van der Waals surface area contributed by atoms with Crippen molar-refractivity contribution in [3.8, 4) is 11.3 Å². The van der Waals surface area contributed by atoms with Gasteiger partial charge in [0.2, 0.25) is 0 Å². The van der Waals surface area contributed by atoms with Crippen molar-refractivity contribution in [2.45, 2.75) is 33.1 Å². The summed E-state index contributed by atoms with van der Waals surface area (Å²) < 4.78 is 14.1. The molecular formula is C30H29FN2O. The molecule has 1 amide bonds. The highest BCUT2D eigenvalue weighted by Crippen LogP contribution is 2.29. The van der Waals surface area contributed by atoms with Gasteiger partial charge in [-0.2, -0.15) is 0 Å². The third-order valence-corrected chi connectivity index (χ3v) is 7.07. The zero-order valence-corrected chi connectivity index (χ0v) is 19.7. The third kappa shape index (κ3) is 4.58. The van der Waals surface area contributed by atoms with Crippen LogP contribution in [-0.4, -0.2) is 28.9 Å². The minimum Gasteiger partial charge on any atom is -0.339 e. The van der Waals surface area contributed by atoms with Gasteiger partial charge in [-0.3, -0.25) is 4.79 Å². The second kappa shape index (κ2) is 9.38. The molecule has 34 heavy (non-hydrogen) atoms. The Bertz CT molecular complexity index is 1340. The molecule has 1 fully saturated rings. The molecule has 3 nitrogen and oxygen atoms in total. The highest BCUT2D eigenvalue weighted by atomic mass is 19.1. The third-order valence-electron chi connectivity index (χ3n) is 7.07. The lowest BCUT2D eigenvalue weighted by atomic mass is 9.90. The molecule has 0 saturated carbocycles. The van der Waals surface area contributed by atoms with E-state index in [1.165, 1.54) is 28.8 Å². The number of amides is 1. The summed E-state index contributed by atoms with van der Waals surface area (Å²) in [5.74, 6) is 0.175. The van der Waals surface area contributed by atoms with E-state index in [4.69, 9.17) is 4.98 Å². The topological polar surface area (TPSA) is 33.2 Å². The summed E-state index contributed by atoms with van der Waals surface area (Å²) in [5.41, 5.74) is 6.60. The normalized spacial score (nSPS) is 14.5. The number of likely N-dealkylation sites (tertiary alicyclic amines) is 1. The van der Waals surface area contributed by atoms with E-state index in [1.54, 1.807) is 6.07 Å². The Morgan fingerprint density at radius 2 is 1.71 bits per heavy atom. The fourth-order valence-corrected chi connectivity index (χ4v) is 4.88. The molecule has 1 saturated heterocycles. The number of piperidine rings is 1. The van der Waals surface area contributed by atoms with Crippen LogP contribution in [0.1, 0.15) is 39.9 Å². The summed E-state index contributed by atoms with van der Waals surface area (Å²) in [6.07, 6.45) is 2.99. The minimum atomic E-state index is -0.358. The standard InChI is InChI=1S/C30H29FN2O/c1-20-8-9-24(16-21(20)2)29-19-27(26-18-25(31)10-11-28(26)32-29)30(34)33-14-12-23(13-15-33)17-22-6-4-3-5-7-22/h3-11,16,18-19,23H,12-15,17H2,1-2H3. The number of aryl methyl sites for hydroxylation is 2. The zero-order valence-electron chi connectivity index (χ0n) is 19.7. The van der Waals surface area contributed by atoms with E-state index in [1.807, 2.05) is 23.1 Å². The van der Waals surface area contributed by atoms with Gasteiger partial charge < -0.3 is 4.90 Å². The molecule has 1 aliphatic rings. The minimum absolute atomic E-state index is 0.0405. The first-order valence-corrected chi connectivity index (χ1v) is 12.0. The first-order valence-electron chi connectivity index (χ1n) is 12.0. The molecule has 2 heterocycles. The first-order chi connectivity index (χ1) is 16.5. The van der Waals surface area contributed by atoms with Crippen molar-refractivity contribution in [3.05, 3.63) is 101 Å². The number of aromatic nitrogens is 1. The van der Waals surface area contributed by atoms with Crippen molar-refractivity contribution in [2.24, 2.45) is 5.92 Å². The zero-order chi connectivity index (χ0) is 23.7.